The molecule has 1 unspecified atom stereocenters. The lowest BCUT2D eigenvalue weighted by molar-refractivity contribution is 0.00944. The first-order valence-corrected chi connectivity index (χ1v) is 14.8. The van der Waals surface area contributed by atoms with Crippen molar-refractivity contribution in [3.63, 3.8) is 0 Å². The van der Waals surface area contributed by atoms with Crippen LogP contribution < -0.4 is 0 Å². The van der Waals surface area contributed by atoms with Gasteiger partial charge in [-0.2, -0.15) is 0 Å². The lowest BCUT2D eigenvalue weighted by Crippen LogP contribution is -2.56. The van der Waals surface area contributed by atoms with Gasteiger partial charge in [0.2, 0.25) is 10.0 Å². The zero-order chi connectivity index (χ0) is 26.0. The van der Waals surface area contributed by atoms with Gasteiger partial charge < -0.3 is 9.64 Å². The number of carbonyl (C=O) groups is 1. The summed E-state index contributed by atoms with van der Waals surface area (Å²) < 4.78 is 47.0. The quantitative estimate of drug-likeness (QED) is 0.531. The van der Waals surface area contributed by atoms with Crippen LogP contribution >= 0.6 is 0 Å². The fourth-order valence-corrected chi connectivity index (χ4v) is 7.68. The summed E-state index contributed by atoms with van der Waals surface area (Å²) >= 11 is 0. The molecule has 1 saturated carbocycles. The van der Waals surface area contributed by atoms with E-state index in [1.54, 1.807) is 21.3 Å². The van der Waals surface area contributed by atoms with Gasteiger partial charge in [-0.3, -0.25) is 4.90 Å². The normalized spacial score (nSPS) is 23.1. The van der Waals surface area contributed by atoms with Crippen molar-refractivity contribution >= 4 is 16.1 Å². The summed E-state index contributed by atoms with van der Waals surface area (Å²) in [7, 11) is -3.19. The van der Waals surface area contributed by atoms with Gasteiger partial charge in [-0.15, -0.1) is 0 Å². The summed E-state index contributed by atoms with van der Waals surface area (Å²) in [6, 6.07) is 16.4. The molecule has 0 spiro atoms. The molecule has 0 bridgehead atoms. The number of hydrogen-bond donors (Lipinski definition) is 0. The Kier molecular flexibility index (Phi) is 7.83. The number of halogens is 1. The highest BCUT2D eigenvalue weighted by Crippen LogP contribution is 2.40. The van der Waals surface area contributed by atoms with Gasteiger partial charge in [0.05, 0.1) is 5.25 Å². The predicted molar refractivity (Wildman–Crippen MR) is 140 cm³/mol. The molecule has 0 N–H and O–H groups in total. The Bertz CT molecular complexity index is 1180. The van der Waals surface area contributed by atoms with E-state index in [9.17, 15) is 17.6 Å². The highest BCUT2D eigenvalue weighted by molar-refractivity contribution is 7.90. The third-order valence-corrected chi connectivity index (χ3v) is 10.3. The van der Waals surface area contributed by atoms with Gasteiger partial charge in [-0.25, -0.2) is 21.9 Å². The number of sulfonamides is 1. The number of amides is 1. The summed E-state index contributed by atoms with van der Waals surface area (Å²) in [6.07, 6.45) is 2.68. The van der Waals surface area contributed by atoms with Crippen LogP contribution in [0.5, 0.6) is 0 Å². The van der Waals surface area contributed by atoms with Crippen LogP contribution in [0.15, 0.2) is 54.6 Å². The van der Waals surface area contributed by atoms with Crippen molar-refractivity contribution in [3.8, 4) is 0 Å². The van der Waals surface area contributed by atoms with E-state index in [4.69, 9.17) is 4.74 Å². The highest BCUT2D eigenvalue weighted by Gasteiger charge is 2.43. The summed E-state index contributed by atoms with van der Waals surface area (Å²) in [4.78, 5) is 16.9. The number of piperidine rings is 1. The molecular formula is C28H36FN3O4S. The number of hydrogen-bond acceptors (Lipinski definition) is 5. The van der Waals surface area contributed by atoms with Crippen molar-refractivity contribution in [3.05, 3.63) is 71.5 Å². The Hall–Kier alpha value is -2.49. The first kappa shape index (κ1) is 26.1. The van der Waals surface area contributed by atoms with Gasteiger partial charge in [0.15, 0.2) is 0 Å². The Morgan fingerprint density at radius 2 is 1.73 bits per heavy atom. The molecule has 7 nitrogen and oxygen atoms in total. The molecule has 200 valence electrons. The maximum atomic E-state index is 14.3. The van der Waals surface area contributed by atoms with Crippen LogP contribution in [-0.4, -0.2) is 72.6 Å². The van der Waals surface area contributed by atoms with Gasteiger partial charge in [0, 0.05) is 44.8 Å². The molecule has 2 atom stereocenters. The second-order valence-electron chi connectivity index (χ2n) is 10.6. The maximum absolute atomic E-state index is 14.3. The van der Waals surface area contributed by atoms with Crippen molar-refractivity contribution in [2.24, 2.45) is 5.92 Å². The average Bonchev–Trinajstić information content (AvgIpc) is 3.76. The Balaban J connectivity index is 1.26. The zero-order valence-electron chi connectivity index (χ0n) is 21.3. The summed E-state index contributed by atoms with van der Waals surface area (Å²) in [6.45, 7) is 5.04. The molecule has 3 aliphatic rings. The largest absolute Gasteiger partial charge is 0.445 e. The van der Waals surface area contributed by atoms with Crippen molar-refractivity contribution in [2.75, 3.05) is 32.7 Å². The van der Waals surface area contributed by atoms with Crippen molar-refractivity contribution in [1.82, 2.24) is 14.1 Å². The second kappa shape index (κ2) is 11.1. The van der Waals surface area contributed by atoms with Crippen LogP contribution in [0.3, 0.4) is 0 Å². The van der Waals surface area contributed by atoms with E-state index >= 15 is 0 Å². The van der Waals surface area contributed by atoms with Gasteiger partial charge in [-0.05, 0) is 61.8 Å². The molecule has 2 aromatic carbocycles. The minimum atomic E-state index is -3.19. The van der Waals surface area contributed by atoms with Crippen LogP contribution in [-0.2, 0) is 21.4 Å². The van der Waals surface area contributed by atoms with Gasteiger partial charge in [0.25, 0.3) is 0 Å². The van der Waals surface area contributed by atoms with E-state index in [0.29, 0.717) is 32.7 Å². The molecule has 2 aromatic rings. The Labute approximate surface area is 219 Å². The standard InChI is InChI=1S/C28H36FN3O4S/c1-21-19-30(28(33)36-20-22-6-3-2-4-7-22)16-17-32(21)27(24-8-5-9-25(29)18-24)23-12-14-31(15-13-23)37(34,35)26-10-11-26/h2-9,18,21,23,26-27H,10-17,19-20H2,1H3/t21-,27?/m0/s1. The first-order chi connectivity index (χ1) is 17.8. The second-order valence-corrected chi connectivity index (χ2v) is 12.8. The molecule has 0 radical (unpaired) electrons. The fourth-order valence-electron chi connectivity index (χ4n) is 5.81. The van der Waals surface area contributed by atoms with Crippen molar-refractivity contribution < 1.29 is 22.3 Å². The fraction of sp³-hybridized carbons (Fsp3) is 0.536. The molecule has 2 heterocycles. The van der Waals surface area contributed by atoms with Gasteiger partial charge in [0.1, 0.15) is 12.4 Å². The third-order valence-electron chi connectivity index (χ3n) is 7.94. The number of benzene rings is 2. The SMILES string of the molecule is C[C@H]1CN(C(=O)OCc2ccccc2)CCN1C(c1cccc(F)c1)C1CCN(S(=O)(=O)C2CC2)CC1. The molecule has 37 heavy (non-hydrogen) atoms. The van der Waals surface area contributed by atoms with Crippen molar-refractivity contribution in [1.29, 1.82) is 0 Å². The monoisotopic (exact) mass is 529 g/mol. The highest BCUT2D eigenvalue weighted by atomic mass is 32.2. The van der Waals surface area contributed by atoms with E-state index < -0.39 is 10.0 Å². The number of nitrogens with zero attached hydrogens (tertiary/aromatic N) is 3. The van der Waals surface area contributed by atoms with Crippen LogP contribution in [0.2, 0.25) is 0 Å². The summed E-state index contributed by atoms with van der Waals surface area (Å²) in [5.41, 5.74) is 1.86. The van der Waals surface area contributed by atoms with E-state index in [1.165, 1.54) is 6.07 Å². The predicted octanol–water partition coefficient (Wildman–Crippen LogP) is 4.41. The topological polar surface area (TPSA) is 70.2 Å². The number of piperazine rings is 1. The molecular weight excluding hydrogens is 493 g/mol. The lowest BCUT2D eigenvalue weighted by Gasteiger charge is -2.47. The van der Waals surface area contributed by atoms with Gasteiger partial charge in [-0.1, -0.05) is 42.5 Å². The first-order valence-electron chi connectivity index (χ1n) is 13.3. The Morgan fingerprint density at radius 1 is 1.00 bits per heavy atom. The van der Waals surface area contributed by atoms with Crippen LogP contribution in [0.25, 0.3) is 0 Å². The minimum Gasteiger partial charge on any atom is -0.445 e. The average molecular weight is 530 g/mol. The molecule has 1 aliphatic carbocycles. The molecule has 2 aliphatic heterocycles. The number of carbonyl (C=O) groups excluding carboxylic acids is 1. The smallest absolute Gasteiger partial charge is 0.410 e. The molecule has 0 aromatic heterocycles. The maximum Gasteiger partial charge on any atom is 0.410 e. The van der Waals surface area contributed by atoms with Crippen LogP contribution in [0.1, 0.15) is 49.8 Å². The van der Waals surface area contributed by atoms with E-state index in [1.807, 2.05) is 36.4 Å². The van der Waals surface area contributed by atoms with E-state index in [-0.39, 0.29) is 41.8 Å². The number of rotatable bonds is 7. The van der Waals surface area contributed by atoms with Crippen LogP contribution in [0, 0.1) is 11.7 Å². The third kappa shape index (κ3) is 5.99. The molecule has 1 amide bonds. The van der Waals surface area contributed by atoms with E-state index in [2.05, 4.69) is 11.8 Å². The van der Waals surface area contributed by atoms with E-state index in [0.717, 1.165) is 36.8 Å². The molecule has 9 heteroatoms. The molecule has 3 fully saturated rings. The summed E-state index contributed by atoms with van der Waals surface area (Å²) in [5, 5.41) is -0.196. The van der Waals surface area contributed by atoms with Crippen molar-refractivity contribution in [2.45, 2.75) is 56.5 Å². The zero-order valence-corrected chi connectivity index (χ0v) is 22.2. The molecule has 5 rings (SSSR count). The van der Waals surface area contributed by atoms with Gasteiger partial charge >= 0.3 is 6.09 Å². The lowest BCUT2D eigenvalue weighted by atomic mass is 9.83. The molecule has 2 saturated heterocycles. The number of ether oxygens (including phenoxy) is 1. The summed E-state index contributed by atoms with van der Waals surface area (Å²) in [5.74, 6) is -0.0708. The Morgan fingerprint density at radius 3 is 2.38 bits per heavy atom. The minimum absolute atomic E-state index is 0.0412. The van der Waals surface area contributed by atoms with Crippen LogP contribution in [0.4, 0.5) is 9.18 Å².